The van der Waals surface area contributed by atoms with E-state index in [1.54, 1.807) is 22.7 Å². The second-order valence-corrected chi connectivity index (χ2v) is 12.2. The maximum atomic E-state index is 4.98. The Morgan fingerprint density at radius 2 is 1.41 bits per heavy atom. The highest BCUT2D eigenvalue weighted by Gasteiger charge is 2.18. The average Bonchev–Trinajstić information content (AvgIpc) is 3.44. The number of unbranched alkanes of at least 4 members (excludes halogenated alkanes) is 1. The fourth-order valence-electron chi connectivity index (χ4n) is 3.58. The molecule has 4 aromatic rings. The molecule has 1 atom stereocenters. The zero-order valence-electron chi connectivity index (χ0n) is 16.5. The third-order valence-corrected chi connectivity index (χ3v) is 8.54. The summed E-state index contributed by atoms with van der Waals surface area (Å²) in [5.41, 5.74) is 4.30. The minimum Gasteiger partial charge on any atom is -0.183 e. The van der Waals surface area contributed by atoms with Crippen molar-refractivity contribution >= 4 is 65.6 Å². The lowest BCUT2D eigenvalue weighted by Crippen LogP contribution is -2.12. The molecule has 152 valence electrons. The summed E-state index contributed by atoms with van der Waals surface area (Å²) in [5, 5.41) is 9.95. The second kappa shape index (κ2) is 9.41. The summed E-state index contributed by atoms with van der Waals surface area (Å²) >= 11 is 10.7. The molecule has 3 nitrogen and oxygen atoms in total. The number of hydrogen-bond acceptors (Lipinski definition) is 4. The van der Waals surface area contributed by atoms with E-state index in [0.29, 0.717) is 5.92 Å². The zero-order chi connectivity index (χ0) is 20.4. The number of fused-ring (bicyclic) bond motifs is 1. The van der Waals surface area contributed by atoms with Crippen LogP contribution in [0.3, 0.4) is 0 Å². The Hall–Kier alpha value is -1.02. The molecule has 0 saturated carbocycles. The maximum Gasteiger partial charge on any atom is 0.122 e. The van der Waals surface area contributed by atoms with Gasteiger partial charge in [0.2, 0.25) is 0 Å². The highest BCUT2D eigenvalue weighted by Crippen LogP contribution is 2.40. The molecule has 0 aliphatic carbocycles. The van der Waals surface area contributed by atoms with E-state index >= 15 is 0 Å². The Kier molecular flexibility index (Phi) is 6.89. The van der Waals surface area contributed by atoms with Crippen LogP contribution in [0.2, 0.25) is 0 Å². The van der Waals surface area contributed by atoms with Crippen molar-refractivity contribution in [3.63, 3.8) is 0 Å². The lowest BCUT2D eigenvalue weighted by atomic mass is 10.00. The molecule has 3 heterocycles. The summed E-state index contributed by atoms with van der Waals surface area (Å²) in [7, 11) is 0. The Morgan fingerprint density at radius 1 is 0.862 bits per heavy atom. The molecule has 0 bridgehead atoms. The molecular formula is C22H23Br2N3S2. The van der Waals surface area contributed by atoms with Crippen molar-refractivity contribution in [1.82, 2.24) is 15.0 Å². The third-order valence-electron chi connectivity index (χ3n) is 5.22. The monoisotopic (exact) mass is 551 g/mol. The largest absolute Gasteiger partial charge is 0.183 e. The van der Waals surface area contributed by atoms with Gasteiger partial charge in [-0.15, -0.1) is 22.7 Å². The first-order valence-corrected chi connectivity index (χ1v) is 13.2. The normalized spacial score (nSPS) is 12.7. The highest BCUT2D eigenvalue weighted by atomic mass is 79.9. The number of benzene rings is 1. The SMILES string of the molecule is CCCCC(CC)Cn1nc2c(-c3ccc(Br)s3)ccc(-c3ccc(Br)s3)c2n1. The Bertz CT molecular complexity index is 1040. The summed E-state index contributed by atoms with van der Waals surface area (Å²) < 4.78 is 2.26. The molecule has 7 heteroatoms. The minimum absolute atomic E-state index is 0.621. The van der Waals surface area contributed by atoms with E-state index in [4.69, 9.17) is 10.2 Å². The standard InChI is InChI=1S/C22H23Br2N3S2/c1-3-5-6-14(4-2)13-27-25-21-15(17-9-11-19(23)28-17)7-8-16(22(21)26-27)18-10-12-20(24)29-18/h7-12,14H,3-6,13H2,1-2H3. The van der Waals surface area contributed by atoms with Gasteiger partial charge < -0.3 is 0 Å². The van der Waals surface area contributed by atoms with E-state index in [9.17, 15) is 0 Å². The number of thiophene rings is 2. The predicted molar refractivity (Wildman–Crippen MR) is 133 cm³/mol. The van der Waals surface area contributed by atoms with Crippen molar-refractivity contribution in [3.8, 4) is 20.9 Å². The van der Waals surface area contributed by atoms with E-state index in [1.165, 1.54) is 29.0 Å². The third kappa shape index (κ3) is 4.68. The van der Waals surface area contributed by atoms with E-state index in [1.807, 2.05) is 4.80 Å². The van der Waals surface area contributed by atoms with Crippen LogP contribution in [0.15, 0.2) is 44.0 Å². The summed E-state index contributed by atoms with van der Waals surface area (Å²) in [6.45, 7) is 5.41. The van der Waals surface area contributed by atoms with E-state index in [0.717, 1.165) is 42.7 Å². The van der Waals surface area contributed by atoms with E-state index < -0.39 is 0 Å². The van der Waals surface area contributed by atoms with Gasteiger partial charge in [0.05, 0.1) is 14.1 Å². The van der Waals surface area contributed by atoms with Crippen molar-refractivity contribution in [3.05, 3.63) is 44.0 Å². The molecule has 0 spiro atoms. The van der Waals surface area contributed by atoms with Gasteiger partial charge in [-0.05, 0) is 68.5 Å². The van der Waals surface area contributed by atoms with Crippen LogP contribution in [-0.2, 0) is 6.54 Å². The van der Waals surface area contributed by atoms with Gasteiger partial charge in [-0.25, -0.2) is 0 Å². The van der Waals surface area contributed by atoms with Gasteiger partial charge in [0.25, 0.3) is 0 Å². The number of nitrogens with zero attached hydrogens (tertiary/aromatic N) is 3. The molecule has 0 N–H and O–H groups in total. The summed E-state index contributed by atoms with van der Waals surface area (Å²) in [6.07, 6.45) is 4.90. The second-order valence-electron chi connectivity index (χ2n) is 7.24. The van der Waals surface area contributed by atoms with Gasteiger partial charge in [-0.2, -0.15) is 15.0 Å². The van der Waals surface area contributed by atoms with Crippen molar-refractivity contribution in [2.45, 2.75) is 46.1 Å². The molecular weight excluding hydrogens is 530 g/mol. The van der Waals surface area contributed by atoms with Crippen LogP contribution >= 0.6 is 54.5 Å². The van der Waals surface area contributed by atoms with E-state index in [-0.39, 0.29) is 0 Å². The van der Waals surface area contributed by atoms with Crippen LogP contribution in [0.4, 0.5) is 0 Å². The molecule has 0 fully saturated rings. The molecule has 3 aromatic heterocycles. The average molecular weight is 553 g/mol. The molecule has 0 radical (unpaired) electrons. The van der Waals surface area contributed by atoms with Gasteiger partial charge in [-0.3, -0.25) is 0 Å². The number of rotatable bonds is 8. The van der Waals surface area contributed by atoms with Gasteiger partial charge in [-0.1, -0.05) is 45.2 Å². The number of aromatic nitrogens is 3. The molecule has 1 unspecified atom stereocenters. The fraction of sp³-hybridized carbons (Fsp3) is 0.364. The molecule has 0 saturated heterocycles. The lowest BCUT2D eigenvalue weighted by molar-refractivity contribution is 0.351. The molecule has 29 heavy (non-hydrogen) atoms. The molecule has 4 rings (SSSR count). The van der Waals surface area contributed by atoms with Crippen LogP contribution in [0.1, 0.15) is 39.5 Å². The van der Waals surface area contributed by atoms with Crippen molar-refractivity contribution in [2.24, 2.45) is 5.92 Å². The fourth-order valence-corrected chi connectivity index (χ4v) is 6.41. The first-order chi connectivity index (χ1) is 14.1. The maximum absolute atomic E-state index is 4.98. The summed E-state index contributed by atoms with van der Waals surface area (Å²) in [6, 6.07) is 12.9. The van der Waals surface area contributed by atoms with Gasteiger partial charge >= 0.3 is 0 Å². The highest BCUT2D eigenvalue weighted by molar-refractivity contribution is 9.11. The van der Waals surface area contributed by atoms with Crippen LogP contribution in [0.5, 0.6) is 0 Å². The summed E-state index contributed by atoms with van der Waals surface area (Å²) in [4.78, 5) is 4.36. The zero-order valence-corrected chi connectivity index (χ0v) is 21.3. The lowest BCUT2D eigenvalue weighted by Gasteiger charge is -2.12. The van der Waals surface area contributed by atoms with Crippen molar-refractivity contribution < 1.29 is 0 Å². The smallest absolute Gasteiger partial charge is 0.122 e. The topological polar surface area (TPSA) is 30.7 Å². The number of hydrogen-bond donors (Lipinski definition) is 0. The van der Waals surface area contributed by atoms with E-state index in [2.05, 4.69) is 82.1 Å². The first-order valence-electron chi connectivity index (χ1n) is 9.98. The Labute approximate surface area is 196 Å². The molecule has 0 aliphatic rings. The van der Waals surface area contributed by atoms with Crippen LogP contribution in [0.25, 0.3) is 31.9 Å². The molecule has 1 aromatic carbocycles. The van der Waals surface area contributed by atoms with Crippen LogP contribution < -0.4 is 0 Å². The van der Waals surface area contributed by atoms with Crippen LogP contribution in [0, 0.1) is 5.92 Å². The molecule has 0 aliphatic heterocycles. The quantitative estimate of drug-likeness (QED) is 0.219. The van der Waals surface area contributed by atoms with Gasteiger partial charge in [0.1, 0.15) is 11.0 Å². The first kappa shape index (κ1) is 21.2. The van der Waals surface area contributed by atoms with Crippen LogP contribution in [-0.4, -0.2) is 15.0 Å². The minimum atomic E-state index is 0.621. The van der Waals surface area contributed by atoms with Gasteiger partial charge in [0.15, 0.2) is 0 Å². The Balaban J connectivity index is 1.80. The summed E-state index contributed by atoms with van der Waals surface area (Å²) in [5.74, 6) is 0.621. The number of halogens is 2. The molecule has 0 amide bonds. The van der Waals surface area contributed by atoms with Crippen molar-refractivity contribution in [2.75, 3.05) is 0 Å². The predicted octanol–water partition coefficient (Wildman–Crippen LogP) is 8.63. The van der Waals surface area contributed by atoms with Crippen molar-refractivity contribution in [1.29, 1.82) is 0 Å². The van der Waals surface area contributed by atoms with Gasteiger partial charge in [0, 0.05) is 20.9 Å². The Morgan fingerprint density at radius 3 is 1.83 bits per heavy atom.